The van der Waals surface area contributed by atoms with Crippen molar-refractivity contribution in [1.29, 1.82) is 0 Å². The summed E-state index contributed by atoms with van der Waals surface area (Å²) >= 11 is 0. The average Bonchev–Trinajstić information content (AvgIpc) is 2.12. The van der Waals surface area contributed by atoms with Crippen LogP contribution in [0, 0.1) is 0 Å². The van der Waals surface area contributed by atoms with Crippen molar-refractivity contribution in [2.24, 2.45) is 0 Å². The molecule has 0 aliphatic carbocycles. The minimum atomic E-state index is -0.875. The molecule has 1 N–H and O–H groups in total. The smallest absolute Gasteiger partial charge is 0.305 e. The van der Waals surface area contributed by atoms with Crippen molar-refractivity contribution in [2.45, 2.75) is 39.2 Å². The van der Waals surface area contributed by atoms with Gasteiger partial charge in [-0.15, -0.1) is 0 Å². The summed E-state index contributed by atoms with van der Waals surface area (Å²) in [4.78, 5) is 26.2. The topological polar surface area (TPSA) is 60.9 Å². The molecule has 0 fully saturated rings. The van der Waals surface area contributed by atoms with Gasteiger partial charge in [-0.2, -0.15) is 0 Å². The summed E-state index contributed by atoms with van der Waals surface area (Å²) in [5.74, 6) is -0.868. The van der Waals surface area contributed by atoms with E-state index in [1.807, 2.05) is 39.8 Å². The molecule has 17 heavy (non-hydrogen) atoms. The monoisotopic (exact) mass is 244 g/mol. The Hall–Kier alpha value is -1.10. The van der Waals surface area contributed by atoms with E-state index in [9.17, 15) is 9.59 Å². The highest BCUT2D eigenvalue weighted by molar-refractivity contribution is 5.78. The Kier molecular flexibility index (Phi) is 6.16. The van der Waals surface area contributed by atoms with Crippen LogP contribution in [-0.4, -0.2) is 59.5 Å². The van der Waals surface area contributed by atoms with Gasteiger partial charge in [0.1, 0.15) is 0 Å². The van der Waals surface area contributed by atoms with Gasteiger partial charge in [-0.05, 0) is 34.9 Å². The predicted octanol–water partition coefficient (Wildman–Crippen LogP) is 1.04. The fourth-order valence-electron chi connectivity index (χ4n) is 1.50. The first kappa shape index (κ1) is 15.9. The van der Waals surface area contributed by atoms with Crippen LogP contribution < -0.4 is 0 Å². The van der Waals surface area contributed by atoms with Gasteiger partial charge in [-0.1, -0.05) is 0 Å². The summed E-state index contributed by atoms with van der Waals surface area (Å²) in [5.41, 5.74) is -0.334. The molecule has 0 spiro atoms. The molecule has 5 heteroatoms. The van der Waals surface area contributed by atoms with E-state index in [0.29, 0.717) is 13.0 Å². The molecule has 0 bridgehead atoms. The number of carbonyl (C=O) groups excluding carboxylic acids is 1. The first-order valence-electron chi connectivity index (χ1n) is 5.81. The summed E-state index contributed by atoms with van der Waals surface area (Å²) in [6, 6.07) is 0. The van der Waals surface area contributed by atoms with Crippen LogP contribution in [0.3, 0.4) is 0 Å². The Morgan fingerprint density at radius 3 is 1.94 bits per heavy atom. The fraction of sp³-hybridized carbons (Fsp3) is 0.833. The van der Waals surface area contributed by atoms with Crippen LogP contribution in [0.5, 0.6) is 0 Å². The minimum absolute atomic E-state index is 0.00690. The molecule has 0 aliphatic heterocycles. The van der Waals surface area contributed by atoms with Gasteiger partial charge in [-0.25, -0.2) is 0 Å². The lowest BCUT2D eigenvalue weighted by Crippen LogP contribution is -2.47. The number of carboxylic acids is 1. The standard InChI is InChI=1S/C12H24N2O3/c1-12(2,3)14(9-7-11(16)17)10(15)6-8-13(4)5/h6-9H2,1-5H3,(H,16,17). The van der Waals surface area contributed by atoms with Gasteiger partial charge in [-0.3, -0.25) is 9.59 Å². The van der Waals surface area contributed by atoms with Crippen molar-refractivity contribution in [2.75, 3.05) is 27.2 Å². The van der Waals surface area contributed by atoms with Crippen molar-refractivity contribution in [3.63, 3.8) is 0 Å². The molecule has 0 heterocycles. The van der Waals surface area contributed by atoms with Crippen LogP contribution in [0.15, 0.2) is 0 Å². The maximum Gasteiger partial charge on any atom is 0.305 e. The van der Waals surface area contributed by atoms with Crippen molar-refractivity contribution in [3.05, 3.63) is 0 Å². The number of rotatable bonds is 6. The predicted molar refractivity (Wildman–Crippen MR) is 66.9 cm³/mol. The maximum absolute atomic E-state index is 12.0. The Morgan fingerprint density at radius 1 is 1.06 bits per heavy atom. The van der Waals surface area contributed by atoms with Gasteiger partial charge in [0.15, 0.2) is 0 Å². The Balaban J connectivity index is 4.47. The third kappa shape index (κ3) is 6.94. The van der Waals surface area contributed by atoms with E-state index in [0.717, 1.165) is 0 Å². The van der Waals surface area contributed by atoms with Crippen molar-refractivity contribution in [1.82, 2.24) is 9.80 Å². The molecule has 1 amide bonds. The lowest BCUT2D eigenvalue weighted by atomic mass is 10.0. The van der Waals surface area contributed by atoms with Crippen molar-refractivity contribution < 1.29 is 14.7 Å². The van der Waals surface area contributed by atoms with Crippen LogP contribution in [0.25, 0.3) is 0 Å². The van der Waals surface area contributed by atoms with E-state index in [-0.39, 0.29) is 24.4 Å². The number of carboxylic acid groups (broad SMARTS) is 1. The van der Waals surface area contributed by atoms with Gasteiger partial charge < -0.3 is 14.9 Å². The number of hydrogen-bond donors (Lipinski definition) is 1. The SMILES string of the molecule is CN(C)CCC(=O)N(CCC(=O)O)C(C)(C)C. The highest BCUT2D eigenvalue weighted by Gasteiger charge is 2.26. The average molecular weight is 244 g/mol. The Bertz CT molecular complexity index is 269. The molecule has 0 saturated carbocycles. The summed E-state index contributed by atoms with van der Waals surface area (Å²) in [6.07, 6.45) is 0.412. The summed E-state index contributed by atoms with van der Waals surface area (Å²) < 4.78 is 0. The second kappa shape index (κ2) is 6.59. The highest BCUT2D eigenvalue weighted by Crippen LogP contribution is 2.15. The molecule has 0 rings (SSSR count). The van der Waals surface area contributed by atoms with E-state index in [1.54, 1.807) is 4.90 Å². The van der Waals surface area contributed by atoms with Gasteiger partial charge in [0.2, 0.25) is 5.91 Å². The minimum Gasteiger partial charge on any atom is -0.481 e. The molecule has 0 aromatic heterocycles. The number of amides is 1. The molecule has 0 atom stereocenters. The third-order valence-corrected chi connectivity index (χ3v) is 2.43. The van der Waals surface area contributed by atoms with E-state index < -0.39 is 5.97 Å². The largest absolute Gasteiger partial charge is 0.481 e. The second-order valence-corrected chi connectivity index (χ2v) is 5.41. The van der Waals surface area contributed by atoms with E-state index in [2.05, 4.69) is 0 Å². The molecule has 100 valence electrons. The first-order valence-corrected chi connectivity index (χ1v) is 5.81. The zero-order chi connectivity index (χ0) is 13.6. The Morgan fingerprint density at radius 2 is 1.59 bits per heavy atom. The zero-order valence-electron chi connectivity index (χ0n) is 11.5. The molecule has 0 saturated heterocycles. The van der Waals surface area contributed by atoms with E-state index in [1.165, 1.54) is 0 Å². The van der Waals surface area contributed by atoms with Crippen LogP contribution in [0.2, 0.25) is 0 Å². The molecular weight excluding hydrogens is 220 g/mol. The van der Waals surface area contributed by atoms with Crippen LogP contribution in [0.4, 0.5) is 0 Å². The highest BCUT2D eigenvalue weighted by atomic mass is 16.4. The van der Waals surface area contributed by atoms with Crippen LogP contribution in [0.1, 0.15) is 33.6 Å². The molecule has 0 unspecified atom stereocenters. The second-order valence-electron chi connectivity index (χ2n) is 5.41. The first-order chi connectivity index (χ1) is 7.64. The van der Waals surface area contributed by atoms with Gasteiger partial charge in [0.25, 0.3) is 0 Å². The summed E-state index contributed by atoms with van der Waals surface area (Å²) in [7, 11) is 3.82. The molecule has 0 radical (unpaired) electrons. The molecule has 0 aromatic rings. The number of hydrogen-bond acceptors (Lipinski definition) is 3. The van der Waals surface area contributed by atoms with Crippen molar-refractivity contribution in [3.8, 4) is 0 Å². The third-order valence-electron chi connectivity index (χ3n) is 2.43. The summed E-state index contributed by atoms with van der Waals surface area (Å²) in [6.45, 7) is 6.71. The van der Waals surface area contributed by atoms with Gasteiger partial charge >= 0.3 is 5.97 Å². The van der Waals surface area contributed by atoms with E-state index in [4.69, 9.17) is 5.11 Å². The van der Waals surface area contributed by atoms with Crippen LogP contribution >= 0.6 is 0 Å². The molecule has 5 nitrogen and oxygen atoms in total. The molecule has 0 aliphatic rings. The van der Waals surface area contributed by atoms with Crippen molar-refractivity contribution >= 4 is 11.9 Å². The number of carbonyl (C=O) groups is 2. The lowest BCUT2D eigenvalue weighted by Gasteiger charge is -2.35. The van der Waals surface area contributed by atoms with E-state index >= 15 is 0 Å². The van der Waals surface area contributed by atoms with Gasteiger partial charge in [0.05, 0.1) is 6.42 Å². The number of aliphatic carboxylic acids is 1. The molecular formula is C12H24N2O3. The summed E-state index contributed by atoms with van der Waals surface area (Å²) in [5, 5.41) is 8.68. The zero-order valence-corrected chi connectivity index (χ0v) is 11.5. The fourth-order valence-corrected chi connectivity index (χ4v) is 1.50. The Labute approximate surface area is 103 Å². The normalized spacial score (nSPS) is 11.6. The maximum atomic E-state index is 12.0. The quantitative estimate of drug-likeness (QED) is 0.758. The molecule has 0 aromatic carbocycles. The van der Waals surface area contributed by atoms with Gasteiger partial charge in [0, 0.05) is 25.0 Å². The number of nitrogens with zero attached hydrogens (tertiary/aromatic N) is 2. The lowest BCUT2D eigenvalue weighted by molar-refractivity contribution is -0.140. The van der Waals surface area contributed by atoms with Crippen LogP contribution in [-0.2, 0) is 9.59 Å².